The molecular formula is C19H8BF5. The van der Waals surface area contributed by atoms with E-state index in [2.05, 4.69) is 0 Å². The van der Waals surface area contributed by atoms with Crippen LogP contribution in [-0.4, -0.2) is 6.91 Å². The second-order valence-electron chi connectivity index (χ2n) is 5.64. The minimum atomic E-state index is -2.16. The van der Waals surface area contributed by atoms with Crippen LogP contribution in [0, 0.1) is 29.1 Å². The van der Waals surface area contributed by atoms with Crippen LogP contribution in [0.1, 0.15) is 0 Å². The molecule has 0 saturated carbocycles. The van der Waals surface area contributed by atoms with Gasteiger partial charge in [-0.15, -0.1) is 0 Å². The van der Waals surface area contributed by atoms with Gasteiger partial charge in [0.05, 0.1) is 0 Å². The molecule has 4 aromatic rings. The fraction of sp³-hybridized carbons (Fsp3) is 0. The Morgan fingerprint density at radius 3 is 1.36 bits per heavy atom. The molecule has 0 atom stereocenters. The number of rotatable bonds is 1. The molecule has 0 amide bonds. The first-order valence-corrected chi connectivity index (χ1v) is 7.43. The van der Waals surface area contributed by atoms with E-state index in [1.807, 2.05) is 0 Å². The molecule has 0 aliphatic heterocycles. The molecule has 3 aromatic carbocycles. The first kappa shape index (κ1) is 15.8. The van der Waals surface area contributed by atoms with E-state index in [1.165, 1.54) is 0 Å². The van der Waals surface area contributed by atoms with E-state index in [0.717, 1.165) is 0 Å². The molecule has 0 spiro atoms. The number of halogens is 5. The summed E-state index contributed by atoms with van der Waals surface area (Å²) in [6.07, 6.45) is 0. The van der Waals surface area contributed by atoms with Gasteiger partial charge < -0.3 is 0 Å². The van der Waals surface area contributed by atoms with Crippen molar-refractivity contribution < 1.29 is 22.0 Å². The van der Waals surface area contributed by atoms with E-state index in [9.17, 15) is 22.0 Å². The zero-order chi connectivity index (χ0) is 17.7. The molecule has 0 unspecified atom stereocenters. The molecule has 0 aliphatic carbocycles. The maximum absolute atomic E-state index is 14.4. The van der Waals surface area contributed by atoms with E-state index >= 15 is 0 Å². The van der Waals surface area contributed by atoms with Crippen LogP contribution in [-0.2, 0) is 0 Å². The van der Waals surface area contributed by atoms with Crippen molar-refractivity contribution in [2.24, 2.45) is 0 Å². The van der Waals surface area contributed by atoms with Crippen molar-refractivity contribution >= 4 is 28.2 Å². The third-order valence-electron chi connectivity index (χ3n) is 4.23. The summed E-state index contributed by atoms with van der Waals surface area (Å²) < 4.78 is 69.7. The van der Waals surface area contributed by atoms with Crippen LogP contribution in [0.3, 0.4) is 0 Å². The molecule has 0 fully saturated rings. The number of hydrogen-bond acceptors (Lipinski definition) is 0. The summed E-state index contributed by atoms with van der Waals surface area (Å²) in [4.78, 5) is 0. The van der Waals surface area contributed by atoms with Gasteiger partial charge in [0.2, 0.25) is 0 Å². The Morgan fingerprint density at radius 1 is 0.480 bits per heavy atom. The fourth-order valence-electron chi connectivity index (χ4n) is 3.11. The molecule has 1 heterocycles. The average Bonchev–Trinajstić information content (AvgIpc) is 2.64. The molecule has 0 N–H and O–H groups in total. The fourth-order valence-corrected chi connectivity index (χ4v) is 3.11. The van der Waals surface area contributed by atoms with Crippen LogP contribution in [0.4, 0.5) is 22.0 Å². The van der Waals surface area contributed by atoms with E-state index in [0.29, 0.717) is 21.3 Å². The van der Waals surface area contributed by atoms with Gasteiger partial charge in [0, 0.05) is 0 Å². The summed E-state index contributed by atoms with van der Waals surface area (Å²) in [7, 11) is 0. The number of benzene rings is 3. The second-order valence-corrected chi connectivity index (χ2v) is 5.64. The summed E-state index contributed by atoms with van der Waals surface area (Å²) in [6.45, 7) is 1.81. The summed E-state index contributed by atoms with van der Waals surface area (Å²) in [5.41, 5.74) is -0.925. The summed E-state index contributed by atoms with van der Waals surface area (Å²) >= 11 is 0. The monoisotopic (exact) mass is 342 g/mol. The predicted molar refractivity (Wildman–Crippen MR) is 88.0 cm³/mol. The van der Waals surface area contributed by atoms with Gasteiger partial charge in [0.1, 0.15) is 0 Å². The SMILES string of the molecule is Fc1c(F)c(F)c(-c2c3ccccc3bc3ccccc23)c(F)c1F. The van der Waals surface area contributed by atoms with Crippen molar-refractivity contribution in [3.05, 3.63) is 77.6 Å². The standard InChI is InChI=1S/C19H8BF5/c21-15-14(16(22)18(24)19(25)17(15)23)13-9-5-1-3-7-11(9)20-12-8-4-2-6-10(12)13/h1-8H. The maximum atomic E-state index is 14.4. The predicted octanol–water partition coefficient (Wildman–Crippen LogP) is 5.69. The van der Waals surface area contributed by atoms with Crippen molar-refractivity contribution in [2.45, 2.75) is 0 Å². The van der Waals surface area contributed by atoms with Crippen LogP contribution >= 0.6 is 0 Å². The molecule has 122 valence electrons. The molecule has 1 aromatic heterocycles. The van der Waals surface area contributed by atoms with Gasteiger partial charge in [0.15, 0.2) is 0 Å². The Morgan fingerprint density at radius 2 is 0.880 bits per heavy atom. The quantitative estimate of drug-likeness (QED) is 0.180. The molecule has 0 saturated heterocycles. The van der Waals surface area contributed by atoms with Crippen LogP contribution in [0.2, 0.25) is 0 Å². The molecule has 6 heteroatoms. The molecule has 4 rings (SSSR count). The van der Waals surface area contributed by atoms with Crippen molar-refractivity contribution in [3.63, 3.8) is 0 Å². The van der Waals surface area contributed by atoms with Gasteiger partial charge in [-0.1, -0.05) is 0 Å². The molecular weight excluding hydrogens is 334 g/mol. The Labute approximate surface area is 139 Å². The Balaban J connectivity index is 2.28. The topological polar surface area (TPSA) is 0 Å². The van der Waals surface area contributed by atoms with Crippen LogP contribution < -0.4 is 0 Å². The molecule has 0 bridgehead atoms. The summed E-state index contributed by atoms with van der Waals surface area (Å²) in [5, 5.41) is 2.09. The third kappa shape index (κ3) is 2.24. The first-order chi connectivity index (χ1) is 12.0. The van der Waals surface area contributed by atoms with E-state index in [4.69, 9.17) is 0 Å². The minimum absolute atomic E-state index is 0.0125. The third-order valence-corrected chi connectivity index (χ3v) is 4.23. The normalized spacial score (nSPS) is 11.2. The molecule has 0 nitrogen and oxygen atoms in total. The number of hydrogen-bond donors (Lipinski definition) is 0. The van der Waals surface area contributed by atoms with Gasteiger partial charge in [-0.3, -0.25) is 0 Å². The van der Waals surface area contributed by atoms with Crippen molar-refractivity contribution in [1.29, 1.82) is 0 Å². The molecule has 25 heavy (non-hydrogen) atoms. The van der Waals surface area contributed by atoms with Crippen LogP contribution in [0.15, 0.2) is 48.5 Å². The Bertz CT molecular complexity index is 1070. The summed E-state index contributed by atoms with van der Waals surface area (Å²) in [6, 6.07) is 13.4. The van der Waals surface area contributed by atoms with Crippen LogP contribution in [0.25, 0.3) is 32.5 Å². The van der Waals surface area contributed by atoms with Crippen LogP contribution in [0.5, 0.6) is 0 Å². The van der Waals surface area contributed by atoms with E-state index < -0.39 is 34.6 Å². The Hall–Kier alpha value is -2.76. The van der Waals surface area contributed by atoms with Gasteiger partial charge >= 0.3 is 139 Å². The zero-order valence-electron chi connectivity index (χ0n) is 12.6. The van der Waals surface area contributed by atoms with E-state index in [1.54, 1.807) is 55.4 Å². The van der Waals surface area contributed by atoms with Gasteiger partial charge in [-0.25, -0.2) is 0 Å². The van der Waals surface area contributed by atoms with Crippen molar-refractivity contribution in [1.82, 2.24) is 0 Å². The van der Waals surface area contributed by atoms with Gasteiger partial charge in [0.25, 0.3) is 0 Å². The van der Waals surface area contributed by atoms with E-state index in [-0.39, 0.29) is 5.56 Å². The van der Waals surface area contributed by atoms with Crippen molar-refractivity contribution in [3.8, 4) is 11.1 Å². The zero-order valence-corrected chi connectivity index (χ0v) is 12.6. The number of fused-ring (bicyclic) bond motifs is 2. The van der Waals surface area contributed by atoms with Crippen molar-refractivity contribution in [2.75, 3.05) is 0 Å². The second kappa shape index (κ2) is 5.65. The molecule has 0 aliphatic rings. The Kier molecular flexibility index (Phi) is 3.56. The van der Waals surface area contributed by atoms with Gasteiger partial charge in [-0.05, 0) is 0 Å². The first-order valence-electron chi connectivity index (χ1n) is 7.43. The average molecular weight is 342 g/mol. The molecule has 0 radical (unpaired) electrons. The van der Waals surface area contributed by atoms with Gasteiger partial charge in [-0.2, -0.15) is 0 Å². The summed E-state index contributed by atoms with van der Waals surface area (Å²) in [5.74, 6) is -9.74.